The Labute approximate surface area is 101 Å². The van der Waals surface area contributed by atoms with Gasteiger partial charge in [0, 0.05) is 10.6 Å². The van der Waals surface area contributed by atoms with Crippen LogP contribution in [0.5, 0.6) is 0 Å². The summed E-state index contributed by atoms with van der Waals surface area (Å²) in [6.45, 7) is 5.57. The van der Waals surface area contributed by atoms with Gasteiger partial charge in [-0.2, -0.15) is 5.26 Å². The molecular formula is C13H14ClNO. The van der Waals surface area contributed by atoms with Crippen LogP contribution >= 0.6 is 11.6 Å². The van der Waals surface area contributed by atoms with Gasteiger partial charge in [0.25, 0.3) is 0 Å². The Bertz CT molecular complexity index is 446. The Morgan fingerprint density at radius 1 is 1.44 bits per heavy atom. The summed E-state index contributed by atoms with van der Waals surface area (Å²) in [6, 6.07) is 7.16. The van der Waals surface area contributed by atoms with E-state index in [1.54, 1.807) is 18.2 Å². The number of aryl methyl sites for hydroxylation is 1. The third kappa shape index (κ3) is 2.62. The first-order valence-electron chi connectivity index (χ1n) is 5.17. The highest BCUT2D eigenvalue weighted by Gasteiger charge is 2.24. The van der Waals surface area contributed by atoms with E-state index in [2.05, 4.69) is 6.07 Å². The number of carbonyl (C=O) groups is 1. The number of ketones is 1. The molecule has 16 heavy (non-hydrogen) atoms. The van der Waals surface area contributed by atoms with Crippen LogP contribution in [0.15, 0.2) is 18.2 Å². The highest BCUT2D eigenvalue weighted by molar-refractivity contribution is 6.30. The monoisotopic (exact) mass is 235 g/mol. The van der Waals surface area contributed by atoms with Gasteiger partial charge in [0.1, 0.15) is 5.92 Å². The molecule has 0 amide bonds. The van der Waals surface area contributed by atoms with Crippen LogP contribution in [-0.4, -0.2) is 5.78 Å². The van der Waals surface area contributed by atoms with Crippen molar-refractivity contribution >= 4 is 17.4 Å². The molecule has 0 bridgehead atoms. The van der Waals surface area contributed by atoms with Gasteiger partial charge in [0.2, 0.25) is 0 Å². The Morgan fingerprint density at radius 3 is 2.50 bits per heavy atom. The van der Waals surface area contributed by atoms with Gasteiger partial charge in [-0.25, -0.2) is 0 Å². The molecule has 0 spiro atoms. The molecule has 0 aromatic heterocycles. The number of hydrogen-bond donors (Lipinski definition) is 0. The van der Waals surface area contributed by atoms with Crippen molar-refractivity contribution in [3.05, 3.63) is 34.3 Å². The van der Waals surface area contributed by atoms with Gasteiger partial charge in [0.15, 0.2) is 5.78 Å². The minimum absolute atomic E-state index is 0.0209. The summed E-state index contributed by atoms with van der Waals surface area (Å²) in [5, 5.41) is 9.58. The number of hydrogen-bond acceptors (Lipinski definition) is 2. The molecule has 0 fully saturated rings. The van der Waals surface area contributed by atoms with Crippen molar-refractivity contribution in [3.8, 4) is 6.07 Å². The molecule has 0 heterocycles. The predicted molar refractivity (Wildman–Crippen MR) is 64.5 cm³/mol. The van der Waals surface area contributed by atoms with Gasteiger partial charge >= 0.3 is 0 Å². The van der Waals surface area contributed by atoms with Gasteiger partial charge in [-0.15, -0.1) is 0 Å². The Morgan fingerprint density at radius 2 is 2.06 bits per heavy atom. The van der Waals surface area contributed by atoms with Gasteiger partial charge < -0.3 is 0 Å². The molecule has 1 aromatic carbocycles. The van der Waals surface area contributed by atoms with E-state index in [0.29, 0.717) is 10.6 Å². The summed E-state index contributed by atoms with van der Waals surface area (Å²) >= 11 is 5.82. The molecule has 0 aliphatic rings. The van der Waals surface area contributed by atoms with Crippen LogP contribution in [0, 0.1) is 30.1 Å². The molecule has 0 aliphatic carbocycles. The number of Topliss-reactive ketones (excluding diaryl/α,β-unsaturated/α-hetero) is 1. The molecule has 1 aromatic rings. The minimum atomic E-state index is -0.583. The molecule has 3 heteroatoms. The van der Waals surface area contributed by atoms with Gasteiger partial charge in [-0.1, -0.05) is 25.4 Å². The van der Waals surface area contributed by atoms with Crippen LogP contribution < -0.4 is 0 Å². The lowest BCUT2D eigenvalue weighted by molar-refractivity contribution is 0.0924. The minimum Gasteiger partial charge on any atom is -0.293 e. The van der Waals surface area contributed by atoms with Gasteiger partial charge in [-0.05, 0) is 36.6 Å². The molecular weight excluding hydrogens is 222 g/mol. The summed E-state index contributed by atoms with van der Waals surface area (Å²) in [5.41, 5.74) is 1.41. The second-order valence-electron chi connectivity index (χ2n) is 4.17. The zero-order chi connectivity index (χ0) is 12.3. The lowest BCUT2D eigenvalue weighted by Crippen LogP contribution is -2.19. The van der Waals surface area contributed by atoms with Crippen molar-refractivity contribution in [1.29, 1.82) is 5.26 Å². The summed E-state index contributed by atoms with van der Waals surface area (Å²) in [5.74, 6) is -0.681. The van der Waals surface area contributed by atoms with E-state index < -0.39 is 5.92 Å². The summed E-state index contributed by atoms with van der Waals surface area (Å²) < 4.78 is 0. The molecule has 0 N–H and O–H groups in total. The van der Waals surface area contributed by atoms with Crippen LogP contribution in [0.3, 0.4) is 0 Å². The van der Waals surface area contributed by atoms with Crippen LogP contribution in [0.25, 0.3) is 0 Å². The highest BCUT2D eigenvalue weighted by atomic mass is 35.5. The second-order valence-corrected chi connectivity index (χ2v) is 4.61. The topological polar surface area (TPSA) is 40.9 Å². The third-order valence-electron chi connectivity index (χ3n) is 2.54. The molecule has 2 nitrogen and oxygen atoms in total. The fraction of sp³-hybridized carbons (Fsp3) is 0.385. The smallest absolute Gasteiger partial charge is 0.180 e. The van der Waals surface area contributed by atoms with Crippen molar-refractivity contribution in [3.63, 3.8) is 0 Å². The van der Waals surface area contributed by atoms with Crippen LogP contribution in [0.2, 0.25) is 5.02 Å². The lowest BCUT2D eigenvalue weighted by atomic mass is 9.88. The standard InChI is InChI=1S/C13H14ClNO/c1-8(2)12(7-15)13(16)11-5-4-10(14)6-9(11)3/h4-6,8,12H,1-3H3. The number of carbonyl (C=O) groups excluding carboxylic acids is 1. The number of benzene rings is 1. The zero-order valence-electron chi connectivity index (χ0n) is 9.62. The van der Waals surface area contributed by atoms with Gasteiger partial charge in [-0.3, -0.25) is 4.79 Å². The third-order valence-corrected chi connectivity index (χ3v) is 2.78. The van der Waals surface area contributed by atoms with E-state index in [1.165, 1.54) is 0 Å². The maximum Gasteiger partial charge on any atom is 0.180 e. The summed E-state index contributed by atoms with van der Waals surface area (Å²) in [6.07, 6.45) is 0. The van der Waals surface area contributed by atoms with Crippen LogP contribution in [-0.2, 0) is 0 Å². The average Bonchev–Trinajstić information content (AvgIpc) is 2.17. The highest BCUT2D eigenvalue weighted by Crippen LogP contribution is 2.21. The van der Waals surface area contributed by atoms with E-state index in [-0.39, 0.29) is 11.7 Å². The maximum atomic E-state index is 12.1. The average molecular weight is 236 g/mol. The summed E-state index contributed by atoms with van der Waals surface area (Å²) in [4.78, 5) is 12.1. The quantitative estimate of drug-likeness (QED) is 0.751. The van der Waals surface area contributed by atoms with Crippen molar-refractivity contribution in [1.82, 2.24) is 0 Å². The number of nitrogens with zero attached hydrogens (tertiary/aromatic N) is 1. The normalized spacial score (nSPS) is 12.2. The molecule has 0 saturated heterocycles. The Balaban J connectivity index is 3.10. The van der Waals surface area contributed by atoms with Crippen LogP contribution in [0.4, 0.5) is 0 Å². The van der Waals surface area contributed by atoms with Crippen molar-refractivity contribution in [2.45, 2.75) is 20.8 Å². The van der Waals surface area contributed by atoms with E-state index in [0.717, 1.165) is 5.56 Å². The fourth-order valence-corrected chi connectivity index (χ4v) is 1.81. The van der Waals surface area contributed by atoms with E-state index >= 15 is 0 Å². The number of nitriles is 1. The molecule has 0 radical (unpaired) electrons. The second kappa shape index (κ2) is 5.14. The SMILES string of the molecule is Cc1cc(Cl)ccc1C(=O)C(C#N)C(C)C. The Kier molecular flexibility index (Phi) is 4.09. The first-order chi connectivity index (χ1) is 7.47. The Hall–Kier alpha value is -1.33. The molecule has 0 aliphatic heterocycles. The summed E-state index contributed by atoms with van der Waals surface area (Å²) in [7, 11) is 0. The maximum absolute atomic E-state index is 12.1. The van der Waals surface area contributed by atoms with Crippen LogP contribution in [0.1, 0.15) is 29.8 Å². The largest absolute Gasteiger partial charge is 0.293 e. The fourth-order valence-electron chi connectivity index (χ4n) is 1.58. The molecule has 1 atom stereocenters. The first kappa shape index (κ1) is 12.7. The molecule has 1 rings (SSSR count). The lowest BCUT2D eigenvalue weighted by Gasteiger charge is -2.13. The van der Waals surface area contributed by atoms with Crippen molar-refractivity contribution in [2.75, 3.05) is 0 Å². The molecule has 1 unspecified atom stereocenters. The molecule has 84 valence electrons. The van der Waals surface area contributed by atoms with E-state index in [9.17, 15) is 4.79 Å². The van der Waals surface area contributed by atoms with Gasteiger partial charge in [0.05, 0.1) is 6.07 Å². The van der Waals surface area contributed by atoms with E-state index in [4.69, 9.17) is 16.9 Å². The zero-order valence-corrected chi connectivity index (χ0v) is 10.4. The predicted octanol–water partition coefficient (Wildman–Crippen LogP) is 3.63. The first-order valence-corrected chi connectivity index (χ1v) is 5.55. The van der Waals surface area contributed by atoms with Crippen molar-refractivity contribution < 1.29 is 4.79 Å². The van der Waals surface area contributed by atoms with E-state index in [1.807, 2.05) is 20.8 Å². The molecule has 0 saturated carbocycles. The number of halogens is 1. The number of rotatable bonds is 3. The van der Waals surface area contributed by atoms with Crippen molar-refractivity contribution in [2.24, 2.45) is 11.8 Å².